The van der Waals surface area contributed by atoms with Crippen LogP contribution in [0.2, 0.25) is 0 Å². The van der Waals surface area contributed by atoms with E-state index in [9.17, 15) is 35.4 Å². The Balaban J connectivity index is 0.834. The molecule has 14 nitrogen and oxygen atoms in total. The van der Waals surface area contributed by atoms with Gasteiger partial charge in [-0.05, 0) is 101 Å². The summed E-state index contributed by atoms with van der Waals surface area (Å²) >= 11 is 0. The van der Waals surface area contributed by atoms with Crippen molar-refractivity contribution in [2.75, 3.05) is 6.61 Å². The first-order valence-corrected chi connectivity index (χ1v) is 21.2. The lowest BCUT2D eigenvalue weighted by atomic mass is 9.42. The highest BCUT2D eigenvalue weighted by Crippen LogP contribution is 2.70. The number of aliphatic hydroxyl groups excluding tert-OH is 5. The maximum atomic E-state index is 12.6. The topological polar surface area (TPSA) is 203 Å². The molecule has 8 rings (SSSR count). The number of fused-ring (bicyclic) bond motifs is 5. The smallest absolute Gasteiger partial charge is 0.306 e. The van der Waals surface area contributed by atoms with Crippen LogP contribution in [0, 0.1) is 40.4 Å². The van der Waals surface area contributed by atoms with Gasteiger partial charge in [0.05, 0.1) is 67.5 Å². The van der Waals surface area contributed by atoms with Crippen molar-refractivity contribution in [1.29, 1.82) is 0 Å². The molecule has 8 aliphatic rings. The standard InChI is InChI=1S/C41H66O14/c1-19-36(47)28(42)15-34(50-19)54-38-21(3)52-35(17-30(38)44)55-37-20(2)51-33(16-29(37)43)53-24-8-10-39(4)23(13-24)6-7-26-27(39)14-31(45)40(5)25(9-11-41(26,40)48)22-12-32(46)49-18-22/h19-31,33-38,42-45,47-48H,6-18H2,1-5H3/t19-,20-,21-,22?,23-,24+,25-,26?,27?,28+,29+,30+,31-,33?,34+,35+,36-,37-,38-,39+,40+,41+/m1/s1. The van der Waals surface area contributed by atoms with E-state index in [1.54, 1.807) is 13.8 Å². The third kappa shape index (κ3) is 7.03. The number of carbonyl (C=O) groups excluding carboxylic acids is 1. The quantitative estimate of drug-likeness (QED) is 0.162. The van der Waals surface area contributed by atoms with Crippen LogP contribution in [-0.4, -0.2) is 135 Å². The van der Waals surface area contributed by atoms with Gasteiger partial charge in [0.15, 0.2) is 18.9 Å². The van der Waals surface area contributed by atoms with Crippen LogP contribution in [0.4, 0.5) is 0 Å². The van der Waals surface area contributed by atoms with Gasteiger partial charge in [-0.2, -0.15) is 0 Å². The molecular formula is C41H66O14. The second-order valence-corrected chi connectivity index (χ2v) is 19.2. The summed E-state index contributed by atoms with van der Waals surface area (Å²) in [6, 6.07) is 0. The second kappa shape index (κ2) is 15.2. The summed E-state index contributed by atoms with van der Waals surface area (Å²) in [7, 11) is 0. The van der Waals surface area contributed by atoms with E-state index in [0.29, 0.717) is 31.8 Å². The Morgan fingerprint density at radius 3 is 1.84 bits per heavy atom. The predicted octanol–water partition coefficient (Wildman–Crippen LogP) is 2.30. The van der Waals surface area contributed by atoms with Gasteiger partial charge in [0, 0.05) is 30.6 Å². The van der Waals surface area contributed by atoms with E-state index in [-0.39, 0.29) is 60.4 Å². The van der Waals surface area contributed by atoms with Gasteiger partial charge in [-0.25, -0.2) is 0 Å². The molecule has 314 valence electrons. The van der Waals surface area contributed by atoms with Crippen molar-refractivity contribution in [1.82, 2.24) is 0 Å². The van der Waals surface area contributed by atoms with Crippen LogP contribution < -0.4 is 0 Å². The molecule has 0 spiro atoms. The molecule has 0 bridgehead atoms. The van der Waals surface area contributed by atoms with Crippen LogP contribution in [0.3, 0.4) is 0 Å². The molecule has 4 saturated carbocycles. The van der Waals surface area contributed by atoms with E-state index in [1.165, 1.54) is 0 Å². The normalized spacial score (nSPS) is 57.0. The fourth-order valence-electron chi connectivity index (χ4n) is 13.2. The van der Waals surface area contributed by atoms with Crippen molar-refractivity contribution in [3.8, 4) is 0 Å². The third-order valence-electron chi connectivity index (χ3n) is 16.3. The highest BCUT2D eigenvalue weighted by atomic mass is 16.7. The highest BCUT2D eigenvalue weighted by molar-refractivity contribution is 5.71. The fraction of sp³-hybridized carbons (Fsp3) is 0.976. The fourth-order valence-corrected chi connectivity index (χ4v) is 13.2. The molecule has 22 atom stereocenters. The Labute approximate surface area is 324 Å². The minimum absolute atomic E-state index is 0.0377. The van der Waals surface area contributed by atoms with Gasteiger partial charge in [-0.1, -0.05) is 13.8 Å². The molecule has 4 saturated heterocycles. The monoisotopic (exact) mass is 782 g/mol. The van der Waals surface area contributed by atoms with Crippen LogP contribution in [0.5, 0.6) is 0 Å². The molecule has 4 aliphatic heterocycles. The first kappa shape index (κ1) is 40.8. The molecule has 4 aliphatic carbocycles. The van der Waals surface area contributed by atoms with Crippen molar-refractivity contribution in [2.24, 2.45) is 40.4 Å². The summed E-state index contributed by atoms with van der Waals surface area (Å²) in [6.07, 6.45) is -2.42. The minimum atomic E-state index is -1.00. The number of hydrogen-bond acceptors (Lipinski definition) is 14. The number of cyclic esters (lactones) is 1. The summed E-state index contributed by atoms with van der Waals surface area (Å²) in [5.74, 6) is 0.612. The second-order valence-electron chi connectivity index (χ2n) is 19.2. The zero-order valence-electron chi connectivity index (χ0n) is 33.1. The van der Waals surface area contributed by atoms with E-state index < -0.39 is 90.9 Å². The van der Waals surface area contributed by atoms with Crippen molar-refractivity contribution in [2.45, 2.75) is 203 Å². The summed E-state index contributed by atoms with van der Waals surface area (Å²) < 4.78 is 42.2. The SMILES string of the molecule is C[C@H]1O[C@@H](O[C@H]2[C@@H](O)C[C@H](O[C@H]3[C@@H](O)CC(O[C@H]4CC[C@]5(C)C6C[C@@H](O)[C@]7(C)[C@@H](C8COC(=O)C8)CC[C@]7(O)C6CC[C@@H]5C4)O[C@@H]3C)O[C@@H]2C)C[C@H](O)[C@@H]1O. The molecule has 6 N–H and O–H groups in total. The van der Waals surface area contributed by atoms with Crippen LogP contribution in [0.15, 0.2) is 0 Å². The average molecular weight is 783 g/mol. The Bertz CT molecular complexity index is 1350. The number of aliphatic hydroxyl groups is 6. The molecule has 0 aromatic heterocycles. The molecule has 4 heterocycles. The number of esters is 1. The maximum absolute atomic E-state index is 12.6. The van der Waals surface area contributed by atoms with E-state index >= 15 is 0 Å². The molecule has 0 aromatic carbocycles. The van der Waals surface area contributed by atoms with Crippen LogP contribution in [0.25, 0.3) is 0 Å². The van der Waals surface area contributed by atoms with Gasteiger partial charge in [-0.15, -0.1) is 0 Å². The lowest BCUT2D eigenvalue weighted by Gasteiger charge is -2.65. The largest absolute Gasteiger partial charge is 0.465 e. The van der Waals surface area contributed by atoms with E-state index in [4.69, 9.17) is 33.2 Å². The number of carbonyl (C=O) groups is 1. The highest BCUT2D eigenvalue weighted by Gasteiger charge is 2.71. The Morgan fingerprint density at radius 1 is 0.655 bits per heavy atom. The number of hydrogen-bond donors (Lipinski definition) is 6. The molecule has 4 unspecified atom stereocenters. The molecule has 8 fully saturated rings. The van der Waals surface area contributed by atoms with E-state index in [1.807, 2.05) is 6.92 Å². The Morgan fingerprint density at radius 2 is 1.25 bits per heavy atom. The van der Waals surface area contributed by atoms with Crippen LogP contribution in [0.1, 0.15) is 112 Å². The van der Waals surface area contributed by atoms with Crippen LogP contribution >= 0.6 is 0 Å². The summed E-state index contributed by atoms with van der Waals surface area (Å²) in [4.78, 5) is 12.0. The van der Waals surface area contributed by atoms with Gasteiger partial charge in [0.2, 0.25) is 0 Å². The average Bonchev–Trinajstić information content (AvgIpc) is 3.67. The van der Waals surface area contributed by atoms with E-state index in [0.717, 1.165) is 38.5 Å². The van der Waals surface area contributed by atoms with Crippen LogP contribution in [-0.2, 0) is 38.0 Å². The van der Waals surface area contributed by atoms with Gasteiger partial charge in [0.1, 0.15) is 18.3 Å². The Hall–Kier alpha value is -1.01. The molecule has 0 radical (unpaired) electrons. The van der Waals surface area contributed by atoms with Gasteiger partial charge in [0.25, 0.3) is 0 Å². The van der Waals surface area contributed by atoms with Gasteiger partial charge < -0.3 is 63.8 Å². The maximum Gasteiger partial charge on any atom is 0.306 e. The first-order valence-electron chi connectivity index (χ1n) is 21.2. The molecule has 14 heteroatoms. The van der Waals surface area contributed by atoms with Crippen molar-refractivity contribution in [3.63, 3.8) is 0 Å². The zero-order chi connectivity index (χ0) is 39.2. The summed E-state index contributed by atoms with van der Waals surface area (Å²) in [5.41, 5.74) is -1.67. The predicted molar refractivity (Wildman–Crippen MR) is 193 cm³/mol. The van der Waals surface area contributed by atoms with E-state index in [2.05, 4.69) is 13.8 Å². The summed E-state index contributed by atoms with van der Waals surface area (Å²) in [5, 5.41) is 66.9. The lowest BCUT2D eigenvalue weighted by molar-refractivity contribution is -0.336. The molecule has 0 amide bonds. The minimum Gasteiger partial charge on any atom is -0.465 e. The number of ether oxygens (including phenoxy) is 7. The van der Waals surface area contributed by atoms with Gasteiger partial charge in [-0.3, -0.25) is 4.79 Å². The molecule has 55 heavy (non-hydrogen) atoms. The third-order valence-corrected chi connectivity index (χ3v) is 16.3. The van der Waals surface area contributed by atoms with Gasteiger partial charge >= 0.3 is 5.97 Å². The van der Waals surface area contributed by atoms with Crippen molar-refractivity contribution >= 4 is 5.97 Å². The van der Waals surface area contributed by atoms with Crippen molar-refractivity contribution < 1.29 is 68.6 Å². The number of rotatable bonds is 7. The summed E-state index contributed by atoms with van der Waals surface area (Å²) in [6.45, 7) is 10.1. The molecular weight excluding hydrogens is 716 g/mol. The molecule has 0 aromatic rings. The zero-order valence-corrected chi connectivity index (χ0v) is 33.1. The van der Waals surface area contributed by atoms with Crippen molar-refractivity contribution in [3.05, 3.63) is 0 Å². The first-order chi connectivity index (χ1) is 26.0. The Kier molecular flexibility index (Phi) is 11.3. The lowest BCUT2D eigenvalue weighted by Crippen LogP contribution is -2.67.